The maximum Gasteiger partial charge on any atom is 0.330 e. The average Bonchev–Trinajstić information content (AvgIpc) is 3.07. The second-order valence-corrected chi connectivity index (χ2v) is 5.67. The number of aliphatic imine (C=N–C) groups is 1. The molecule has 4 heteroatoms. The number of fused-ring (bicyclic) bond motifs is 1. The van der Waals surface area contributed by atoms with Gasteiger partial charge in [-0.2, -0.15) is 0 Å². The fourth-order valence-electron chi connectivity index (χ4n) is 2.71. The Bertz CT molecular complexity index is 894. The van der Waals surface area contributed by atoms with E-state index >= 15 is 0 Å². The van der Waals surface area contributed by atoms with Crippen LogP contribution in [0.15, 0.2) is 71.9 Å². The van der Waals surface area contributed by atoms with Gasteiger partial charge < -0.3 is 9.72 Å². The molecule has 3 aromatic rings. The van der Waals surface area contributed by atoms with Gasteiger partial charge in [-0.15, -0.1) is 0 Å². The van der Waals surface area contributed by atoms with E-state index in [4.69, 9.17) is 4.74 Å². The number of para-hydroxylation sites is 1. The summed E-state index contributed by atoms with van der Waals surface area (Å²) in [5, 5.41) is 1.10. The first-order chi connectivity index (χ1) is 12.3. The van der Waals surface area contributed by atoms with E-state index < -0.39 is 6.04 Å². The highest BCUT2D eigenvalue weighted by Gasteiger charge is 2.19. The second kappa shape index (κ2) is 8.11. The van der Waals surface area contributed by atoms with Crippen molar-refractivity contribution in [3.8, 4) is 0 Å². The Balaban J connectivity index is 1.75. The van der Waals surface area contributed by atoms with Gasteiger partial charge in [-0.05, 0) is 23.3 Å². The molecule has 0 aliphatic carbocycles. The van der Waals surface area contributed by atoms with E-state index in [1.807, 2.05) is 72.9 Å². The number of benzene rings is 2. The molecule has 0 bridgehead atoms. The van der Waals surface area contributed by atoms with Crippen molar-refractivity contribution in [1.29, 1.82) is 0 Å². The van der Waals surface area contributed by atoms with Crippen LogP contribution in [0.5, 0.6) is 0 Å². The van der Waals surface area contributed by atoms with Crippen molar-refractivity contribution in [1.82, 2.24) is 4.98 Å². The zero-order valence-corrected chi connectivity index (χ0v) is 14.1. The lowest BCUT2D eigenvalue weighted by Gasteiger charge is -2.09. The number of rotatable bonds is 6. The summed E-state index contributed by atoms with van der Waals surface area (Å²) >= 11 is 0. The van der Waals surface area contributed by atoms with Gasteiger partial charge in [0.2, 0.25) is 0 Å². The van der Waals surface area contributed by atoms with Crippen LogP contribution in [0.2, 0.25) is 0 Å². The Labute approximate surface area is 146 Å². The first-order valence-corrected chi connectivity index (χ1v) is 8.15. The molecule has 0 saturated heterocycles. The van der Waals surface area contributed by atoms with Crippen LogP contribution in [-0.4, -0.2) is 30.3 Å². The van der Waals surface area contributed by atoms with Crippen LogP contribution < -0.4 is 0 Å². The molecule has 0 aliphatic rings. The highest BCUT2D eigenvalue weighted by molar-refractivity contribution is 5.86. The third-order valence-electron chi connectivity index (χ3n) is 4.00. The zero-order valence-electron chi connectivity index (χ0n) is 14.1. The van der Waals surface area contributed by atoms with Crippen LogP contribution in [0, 0.1) is 0 Å². The van der Waals surface area contributed by atoms with Crippen LogP contribution in [0.1, 0.15) is 11.1 Å². The van der Waals surface area contributed by atoms with Crippen molar-refractivity contribution in [3.63, 3.8) is 0 Å². The number of hydrogen-bond donors (Lipinski definition) is 1. The van der Waals surface area contributed by atoms with E-state index in [1.54, 1.807) is 6.21 Å². The van der Waals surface area contributed by atoms with Gasteiger partial charge in [0.1, 0.15) is 0 Å². The third kappa shape index (κ3) is 4.23. The molecule has 0 saturated carbocycles. The smallest absolute Gasteiger partial charge is 0.330 e. The van der Waals surface area contributed by atoms with Crippen LogP contribution in [0.25, 0.3) is 17.0 Å². The lowest BCUT2D eigenvalue weighted by atomic mass is 10.1. The van der Waals surface area contributed by atoms with E-state index in [9.17, 15) is 4.79 Å². The SMILES string of the molecule is COC(=O)[C@H](Cc1c[nH]c2ccccc12)N=C/C=C/c1ccccc1. The van der Waals surface area contributed by atoms with E-state index in [0.717, 1.165) is 22.0 Å². The third-order valence-corrected chi connectivity index (χ3v) is 4.00. The maximum absolute atomic E-state index is 12.1. The quantitative estimate of drug-likeness (QED) is 0.547. The lowest BCUT2D eigenvalue weighted by Crippen LogP contribution is -2.22. The number of H-pyrrole nitrogens is 1. The summed E-state index contributed by atoms with van der Waals surface area (Å²) in [5.41, 5.74) is 3.18. The Hall–Kier alpha value is -3.14. The van der Waals surface area contributed by atoms with Gasteiger partial charge in [-0.25, -0.2) is 4.79 Å². The molecular formula is C21H20N2O2. The predicted molar refractivity (Wildman–Crippen MR) is 102 cm³/mol. The fraction of sp³-hybridized carbons (Fsp3) is 0.143. The van der Waals surface area contributed by atoms with Crippen LogP contribution in [0.4, 0.5) is 0 Å². The summed E-state index contributed by atoms with van der Waals surface area (Å²) in [6, 6.07) is 17.4. The highest BCUT2D eigenvalue weighted by atomic mass is 16.5. The molecule has 2 aromatic carbocycles. The second-order valence-electron chi connectivity index (χ2n) is 5.67. The number of methoxy groups -OCH3 is 1. The van der Waals surface area contributed by atoms with E-state index in [2.05, 4.69) is 9.98 Å². The Morgan fingerprint density at radius 2 is 1.92 bits per heavy atom. The van der Waals surface area contributed by atoms with E-state index in [-0.39, 0.29) is 5.97 Å². The van der Waals surface area contributed by atoms with Crippen molar-refractivity contribution in [2.24, 2.45) is 4.99 Å². The Morgan fingerprint density at radius 3 is 2.72 bits per heavy atom. The summed E-state index contributed by atoms with van der Waals surface area (Å²) in [7, 11) is 1.39. The number of ether oxygens (including phenoxy) is 1. The summed E-state index contributed by atoms with van der Waals surface area (Å²) < 4.78 is 4.90. The van der Waals surface area contributed by atoms with Crippen LogP contribution in [-0.2, 0) is 16.0 Å². The standard InChI is InChI=1S/C21H20N2O2/c1-25-21(24)20(22-13-7-10-16-8-3-2-4-9-16)14-17-15-23-19-12-6-5-11-18(17)19/h2-13,15,20,23H,14H2,1H3/b10-7+,22-13?/t20-/m0/s1. The van der Waals surface area contributed by atoms with Crippen LogP contribution in [0.3, 0.4) is 0 Å². The number of carbonyl (C=O) groups excluding carboxylic acids is 1. The molecule has 0 unspecified atom stereocenters. The largest absolute Gasteiger partial charge is 0.467 e. The minimum Gasteiger partial charge on any atom is -0.467 e. The molecule has 0 spiro atoms. The van der Waals surface area contributed by atoms with Crippen LogP contribution >= 0.6 is 0 Å². The van der Waals surface area contributed by atoms with Gasteiger partial charge in [-0.3, -0.25) is 4.99 Å². The summed E-state index contributed by atoms with van der Waals surface area (Å²) in [4.78, 5) is 19.7. The molecule has 0 amide bonds. The first-order valence-electron chi connectivity index (χ1n) is 8.15. The summed E-state index contributed by atoms with van der Waals surface area (Å²) in [6.07, 6.45) is 7.86. The molecule has 1 heterocycles. The molecule has 25 heavy (non-hydrogen) atoms. The number of esters is 1. The lowest BCUT2D eigenvalue weighted by molar-refractivity contribution is -0.142. The van der Waals surface area contributed by atoms with Gasteiger partial charge in [0.05, 0.1) is 7.11 Å². The molecule has 126 valence electrons. The predicted octanol–water partition coefficient (Wildman–Crippen LogP) is 4.04. The maximum atomic E-state index is 12.1. The van der Waals surface area contributed by atoms with Gasteiger partial charge in [-0.1, -0.05) is 54.6 Å². The minimum atomic E-state index is -0.565. The fourth-order valence-corrected chi connectivity index (χ4v) is 2.71. The summed E-state index contributed by atoms with van der Waals surface area (Å²) in [5.74, 6) is -0.338. The molecule has 1 atom stereocenters. The molecule has 0 aliphatic heterocycles. The number of aromatic nitrogens is 1. The van der Waals surface area contributed by atoms with E-state index in [1.165, 1.54) is 7.11 Å². The van der Waals surface area contributed by atoms with Crippen molar-refractivity contribution in [2.75, 3.05) is 7.11 Å². The first kappa shape index (κ1) is 16.7. The van der Waals surface area contributed by atoms with Crippen molar-refractivity contribution < 1.29 is 9.53 Å². The molecule has 1 aromatic heterocycles. The monoisotopic (exact) mass is 332 g/mol. The van der Waals surface area contributed by atoms with Crippen molar-refractivity contribution >= 4 is 29.2 Å². The molecule has 1 N–H and O–H groups in total. The molecule has 4 nitrogen and oxygen atoms in total. The number of hydrogen-bond acceptors (Lipinski definition) is 3. The Morgan fingerprint density at radius 1 is 1.16 bits per heavy atom. The number of aromatic amines is 1. The van der Waals surface area contributed by atoms with Gasteiger partial charge in [0.15, 0.2) is 6.04 Å². The topological polar surface area (TPSA) is 54.5 Å². The van der Waals surface area contributed by atoms with Crippen molar-refractivity contribution in [3.05, 3.63) is 78.0 Å². The normalized spacial score (nSPS) is 12.8. The van der Waals surface area contributed by atoms with E-state index in [0.29, 0.717) is 6.42 Å². The van der Waals surface area contributed by atoms with Gasteiger partial charge in [0, 0.05) is 29.7 Å². The number of nitrogens with zero attached hydrogens (tertiary/aromatic N) is 1. The number of carbonyl (C=O) groups is 1. The van der Waals surface area contributed by atoms with Gasteiger partial charge >= 0.3 is 5.97 Å². The number of allylic oxidation sites excluding steroid dienone is 1. The van der Waals surface area contributed by atoms with Crippen molar-refractivity contribution in [2.45, 2.75) is 12.5 Å². The molecule has 0 radical (unpaired) electrons. The van der Waals surface area contributed by atoms with Gasteiger partial charge in [0.25, 0.3) is 0 Å². The molecule has 3 rings (SSSR count). The summed E-state index contributed by atoms with van der Waals surface area (Å²) in [6.45, 7) is 0. The zero-order chi connectivity index (χ0) is 17.5. The number of nitrogens with one attached hydrogen (secondary N) is 1. The minimum absolute atomic E-state index is 0.338. The average molecular weight is 332 g/mol. The molecule has 0 fully saturated rings. The highest BCUT2D eigenvalue weighted by Crippen LogP contribution is 2.20. The molecular weight excluding hydrogens is 312 g/mol. The Kier molecular flexibility index (Phi) is 5.42.